The maximum Gasteiger partial charge on any atom is 0 e. The first kappa shape index (κ1) is 12.1. The Bertz CT molecular complexity index is 23.6. The first-order valence-corrected chi connectivity index (χ1v) is 3.41. The molecule has 0 aliphatic heterocycles. The van der Waals surface area contributed by atoms with E-state index in [1.807, 2.05) is 0 Å². The van der Waals surface area contributed by atoms with Crippen LogP contribution in [0.2, 0.25) is 0 Å². The van der Waals surface area contributed by atoms with Crippen LogP contribution >= 0.6 is 0 Å². The average molecular weight is 240 g/mol. The number of hydrogen-bond donors (Lipinski definition) is 0. The summed E-state index contributed by atoms with van der Waals surface area (Å²) in [4.78, 5) is 0. The molecule has 0 unspecified atom stereocenters. The number of rotatable bonds is 4. The molecule has 0 N–H and O–H groups in total. The Morgan fingerprint density at radius 2 is 1.12 bits per heavy atom. The largest absolute Gasteiger partial charge is 0.0654 e. The van der Waals surface area contributed by atoms with Crippen molar-refractivity contribution < 1.29 is 41.7 Å². The molecule has 0 heterocycles. The summed E-state index contributed by atoms with van der Waals surface area (Å²) in [5.41, 5.74) is 0. The van der Waals surface area contributed by atoms with Crippen molar-refractivity contribution in [3.63, 3.8) is 0 Å². The third kappa shape index (κ3) is 10.4. The standard InChI is InChI=1S/C7H16.Ce/c1-3-5-7-6-4-2;/h3-7H2,1-2H3;. The maximum atomic E-state index is 2.25. The van der Waals surface area contributed by atoms with E-state index in [9.17, 15) is 0 Å². The zero-order valence-corrected chi connectivity index (χ0v) is 9.18. The Kier molecular flexibility index (Phi) is 16.9. The summed E-state index contributed by atoms with van der Waals surface area (Å²) in [7, 11) is 0. The van der Waals surface area contributed by atoms with Crippen LogP contribution < -0.4 is 0 Å². The van der Waals surface area contributed by atoms with Gasteiger partial charge in [-0.1, -0.05) is 46.0 Å². The number of hydrogen-bond acceptors (Lipinski definition) is 0. The Hall–Kier alpha value is 1.38. The molecule has 0 radical (unpaired) electrons. The first-order chi connectivity index (χ1) is 3.41. The zero-order chi connectivity index (χ0) is 5.54. The molecule has 0 aliphatic carbocycles. The van der Waals surface area contributed by atoms with Crippen LogP contribution in [0.3, 0.4) is 0 Å². The Morgan fingerprint density at radius 3 is 1.38 bits per heavy atom. The molecule has 1 heteroatoms. The molecule has 0 fully saturated rings. The quantitative estimate of drug-likeness (QED) is 0.663. The fourth-order valence-corrected chi connectivity index (χ4v) is 0.677. The van der Waals surface area contributed by atoms with Crippen LogP contribution in [0.4, 0.5) is 0 Å². The second kappa shape index (κ2) is 11.2. The van der Waals surface area contributed by atoms with Gasteiger partial charge in [0.2, 0.25) is 0 Å². The summed E-state index contributed by atoms with van der Waals surface area (Å²) in [6.45, 7) is 4.49. The minimum atomic E-state index is 0. The predicted octanol–water partition coefficient (Wildman–Crippen LogP) is 2.98. The van der Waals surface area contributed by atoms with E-state index in [4.69, 9.17) is 0 Å². The van der Waals surface area contributed by atoms with Gasteiger partial charge in [0.1, 0.15) is 0 Å². The molecule has 0 aromatic rings. The monoisotopic (exact) mass is 240 g/mol. The van der Waals surface area contributed by atoms with Crippen LogP contribution in [0, 0.1) is 41.7 Å². The van der Waals surface area contributed by atoms with Crippen LogP contribution in [0.15, 0.2) is 0 Å². The smallest absolute Gasteiger partial charge is 0 e. The van der Waals surface area contributed by atoms with Crippen molar-refractivity contribution in [1.29, 1.82) is 0 Å². The van der Waals surface area contributed by atoms with E-state index in [-0.39, 0.29) is 41.7 Å². The average Bonchev–Trinajstić information content (AvgIpc) is 1.69. The molecule has 48 valence electrons. The Balaban J connectivity index is 0. The van der Waals surface area contributed by atoms with Crippen molar-refractivity contribution in [2.75, 3.05) is 0 Å². The molecule has 0 atom stereocenters. The second-order valence-electron chi connectivity index (χ2n) is 2.06. The van der Waals surface area contributed by atoms with Gasteiger partial charge in [-0.05, 0) is 0 Å². The van der Waals surface area contributed by atoms with Crippen LogP contribution in [-0.4, -0.2) is 0 Å². The molecular weight excluding hydrogens is 224 g/mol. The van der Waals surface area contributed by atoms with E-state index in [0.717, 1.165) is 0 Å². The molecule has 0 saturated carbocycles. The zero-order valence-electron chi connectivity index (χ0n) is 6.04. The maximum absolute atomic E-state index is 2.25. The molecule has 0 rings (SSSR count). The third-order valence-corrected chi connectivity index (χ3v) is 1.21. The summed E-state index contributed by atoms with van der Waals surface area (Å²) in [6.07, 6.45) is 7.01. The molecule has 0 aromatic heterocycles. The van der Waals surface area contributed by atoms with Crippen LogP contribution in [0.5, 0.6) is 0 Å². The second-order valence-corrected chi connectivity index (χ2v) is 2.06. The minimum absolute atomic E-state index is 0. The van der Waals surface area contributed by atoms with Crippen molar-refractivity contribution in [1.82, 2.24) is 0 Å². The van der Waals surface area contributed by atoms with Gasteiger partial charge < -0.3 is 0 Å². The van der Waals surface area contributed by atoms with Gasteiger partial charge in [-0.25, -0.2) is 0 Å². The van der Waals surface area contributed by atoms with Gasteiger partial charge in [-0.3, -0.25) is 0 Å². The van der Waals surface area contributed by atoms with E-state index < -0.39 is 0 Å². The topological polar surface area (TPSA) is 0 Å². The normalized spacial score (nSPS) is 8.25. The van der Waals surface area contributed by atoms with E-state index in [2.05, 4.69) is 13.8 Å². The Labute approximate surface area is 86.8 Å². The molecule has 0 nitrogen and oxygen atoms in total. The first-order valence-electron chi connectivity index (χ1n) is 3.41. The molecule has 0 saturated heterocycles. The van der Waals surface area contributed by atoms with Crippen molar-refractivity contribution in [3.8, 4) is 0 Å². The van der Waals surface area contributed by atoms with Gasteiger partial charge in [0.25, 0.3) is 0 Å². The van der Waals surface area contributed by atoms with Crippen molar-refractivity contribution in [3.05, 3.63) is 0 Å². The van der Waals surface area contributed by atoms with Gasteiger partial charge in [0.05, 0.1) is 0 Å². The summed E-state index contributed by atoms with van der Waals surface area (Å²) < 4.78 is 0. The van der Waals surface area contributed by atoms with Crippen molar-refractivity contribution >= 4 is 0 Å². The van der Waals surface area contributed by atoms with Gasteiger partial charge in [0, 0.05) is 41.7 Å². The fourth-order valence-electron chi connectivity index (χ4n) is 0.677. The fraction of sp³-hybridized carbons (Fsp3) is 1.00. The van der Waals surface area contributed by atoms with E-state index >= 15 is 0 Å². The van der Waals surface area contributed by atoms with Crippen molar-refractivity contribution in [2.45, 2.75) is 46.0 Å². The molecule has 0 bridgehead atoms. The van der Waals surface area contributed by atoms with Crippen LogP contribution in [0.1, 0.15) is 46.0 Å². The van der Waals surface area contributed by atoms with Crippen molar-refractivity contribution in [2.24, 2.45) is 0 Å². The van der Waals surface area contributed by atoms with Crippen LogP contribution in [0.25, 0.3) is 0 Å². The molecule has 0 spiro atoms. The molecule has 8 heavy (non-hydrogen) atoms. The summed E-state index contributed by atoms with van der Waals surface area (Å²) in [5.74, 6) is 0. The SMILES string of the molecule is CCCCCCC.[Ce]. The predicted molar refractivity (Wildman–Crippen MR) is 34.4 cm³/mol. The Morgan fingerprint density at radius 1 is 0.750 bits per heavy atom. The summed E-state index contributed by atoms with van der Waals surface area (Å²) in [6, 6.07) is 0. The molecule has 0 aromatic carbocycles. The minimum Gasteiger partial charge on any atom is -0.0654 e. The van der Waals surface area contributed by atoms with E-state index in [1.54, 1.807) is 0 Å². The van der Waals surface area contributed by atoms with Gasteiger partial charge in [-0.2, -0.15) is 0 Å². The van der Waals surface area contributed by atoms with E-state index in [0.29, 0.717) is 0 Å². The number of unbranched alkanes of at least 4 members (excludes halogenated alkanes) is 4. The molecular formula is C7H16Ce. The molecule has 0 amide bonds. The van der Waals surface area contributed by atoms with Gasteiger partial charge in [0.15, 0.2) is 0 Å². The van der Waals surface area contributed by atoms with Gasteiger partial charge >= 0.3 is 0 Å². The summed E-state index contributed by atoms with van der Waals surface area (Å²) >= 11 is 0. The summed E-state index contributed by atoms with van der Waals surface area (Å²) in [5, 5.41) is 0. The third-order valence-electron chi connectivity index (χ3n) is 1.21. The van der Waals surface area contributed by atoms with Gasteiger partial charge in [-0.15, -0.1) is 0 Å². The van der Waals surface area contributed by atoms with Crippen LogP contribution in [-0.2, 0) is 0 Å². The van der Waals surface area contributed by atoms with E-state index in [1.165, 1.54) is 32.1 Å². The molecule has 0 aliphatic rings.